The lowest BCUT2D eigenvalue weighted by Crippen LogP contribution is -2.42. The molecule has 2 aromatic carbocycles. The van der Waals surface area contributed by atoms with E-state index in [2.05, 4.69) is 80.4 Å². The Bertz CT molecular complexity index is 979. The molecule has 1 saturated carbocycles. The van der Waals surface area contributed by atoms with Gasteiger partial charge in [0.15, 0.2) is 0 Å². The van der Waals surface area contributed by atoms with Gasteiger partial charge in [-0.1, -0.05) is 69.5 Å². The third-order valence-electron chi connectivity index (χ3n) is 6.70. The summed E-state index contributed by atoms with van der Waals surface area (Å²) in [6.07, 6.45) is 2.29. The van der Waals surface area contributed by atoms with Crippen LogP contribution in [0, 0.1) is 17.3 Å². The van der Waals surface area contributed by atoms with Crippen molar-refractivity contribution in [3.05, 3.63) is 78.6 Å². The molecule has 1 aliphatic carbocycles. The Hall–Kier alpha value is -2.61. The largest absolute Gasteiger partial charge is 0.298 e. The van der Waals surface area contributed by atoms with Crippen LogP contribution in [0.25, 0.3) is 11.1 Å². The van der Waals surface area contributed by atoms with Crippen LogP contribution in [0.3, 0.4) is 0 Å². The molecule has 3 aliphatic rings. The summed E-state index contributed by atoms with van der Waals surface area (Å²) in [4.78, 5) is 7.41. The number of amidine groups is 1. The van der Waals surface area contributed by atoms with E-state index in [1.165, 1.54) is 28.1 Å². The molecule has 5 rings (SSSR count). The van der Waals surface area contributed by atoms with Crippen molar-refractivity contribution in [2.45, 2.75) is 26.7 Å². The zero-order valence-electron chi connectivity index (χ0n) is 15.5. The molecule has 130 valence electrons. The molecular weight excluding hydrogens is 316 g/mol. The molecule has 2 unspecified atom stereocenters. The zero-order chi connectivity index (χ0) is 18.1. The molecule has 0 radical (unpaired) electrons. The van der Waals surface area contributed by atoms with Crippen LogP contribution >= 0.6 is 0 Å². The number of hydrogen-bond donors (Lipinski definition) is 0. The van der Waals surface area contributed by atoms with E-state index in [0.717, 1.165) is 24.4 Å². The molecule has 2 heteroatoms. The van der Waals surface area contributed by atoms with Gasteiger partial charge in [0.05, 0.1) is 5.69 Å². The predicted molar refractivity (Wildman–Crippen MR) is 109 cm³/mol. The van der Waals surface area contributed by atoms with Crippen molar-refractivity contribution >= 4 is 11.5 Å². The molecule has 2 bridgehead atoms. The maximum atomic E-state index is 5.11. The lowest BCUT2D eigenvalue weighted by atomic mass is 9.72. The second-order valence-electron chi connectivity index (χ2n) is 8.32. The van der Waals surface area contributed by atoms with Crippen molar-refractivity contribution in [2.24, 2.45) is 22.2 Å². The smallest absolute Gasteiger partial charge is 0.145 e. The van der Waals surface area contributed by atoms with Gasteiger partial charge in [0, 0.05) is 34.4 Å². The number of aliphatic imine (C=N–C) groups is 1. The molecule has 26 heavy (non-hydrogen) atoms. The first-order valence-corrected chi connectivity index (χ1v) is 9.45. The number of nitrogens with zero attached hydrogens (tertiary/aromatic N) is 2. The molecule has 2 aromatic rings. The normalized spacial score (nSPS) is 25.6. The zero-order valence-corrected chi connectivity index (χ0v) is 15.5. The summed E-state index contributed by atoms with van der Waals surface area (Å²) in [6, 6.07) is 17.2. The molecule has 2 heterocycles. The molecule has 1 fully saturated rings. The highest BCUT2D eigenvalue weighted by molar-refractivity contribution is 6.20. The van der Waals surface area contributed by atoms with Crippen molar-refractivity contribution in [2.75, 3.05) is 4.90 Å². The Balaban J connectivity index is 1.83. The van der Waals surface area contributed by atoms with Gasteiger partial charge in [0.1, 0.15) is 5.84 Å². The fourth-order valence-corrected chi connectivity index (χ4v) is 5.33. The third kappa shape index (κ3) is 1.90. The average Bonchev–Trinajstić information content (AvgIpc) is 2.98. The first kappa shape index (κ1) is 15.6. The predicted octanol–water partition coefficient (Wildman–Crippen LogP) is 6.01. The maximum absolute atomic E-state index is 5.11. The van der Waals surface area contributed by atoms with E-state index in [4.69, 9.17) is 4.99 Å². The van der Waals surface area contributed by atoms with E-state index in [1.54, 1.807) is 0 Å². The van der Waals surface area contributed by atoms with Crippen molar-refractivity contribution in [3.8, 4) is 11.1 Å². The highest BCUT2D eigenvalue weighted by atomic mass is 15.2. The van der Waals surface area contributed by atoms with E-state index in [1.807, 2.05) is 0 Å². The summed E-state index contributed by atoms with van der Waals surface area (Å²) >= 11 is 0. The molecule has 0 saturated heterocycles. The Morgan fingerprint density at radius 3 is 2.27 bits per heavy atom. The van der Waals surface area contributed by atoms with Crippen molar-refractivity contribution in [3.63, 3.8) is 0 Å². The molecule has 2 aliphatic heterocycles. The summed E-state index contributed by atoms with van der Waals surface area (Å²) in [5.74, 6) is 1.85. The van der Waals surface area contributed by atoms with E-state index < -0.39 is 0 Å². The monoisotopic (exact) mass is 340 g/mol. The number of para-hydroxylation sites is 1. The second kappa shape index (κ2) is 5.20. The number of fused-ring (bicyclic) bond motifs is 8. The van der Waals surface area contributed by atoms with Crippen LogP contribution in [-0.2, 0) is 0 Å². The van der Waals surface area contributed by atoms with Gasteiger partial charge in [0.25, 0.3) is 0 Å². The van der Waals surface area contributed by atoms with Crippen molar-refractivity contribution in [1.82, 2.24) is 0 Å². The summed E-state index contributed by atoms with van der Waals surface area (Å²) in [6.45, 7) is 13.7. The van der Waals surface area contributed by atoms with Gasteiger partial charge in [-0.15, -0.1) is 0 Å². The maximum Gasteiger partial charge on any atom is 0.145 e. The summed E-state index contributed by atoms with van der Waals surface area (Å²) in [5.41, 5.74) is 7.17. The van der Waals surface area contributed by atoms with Crippen LogP contribution in [0.1, 0.15) is 32.3 Å². The van der Waals surface area contributed by atoms with Crippen LogP contribution in [-0.4, -0.2) is 5.84 Å². The number of hydrogen-bond acceptors (Lipinski definition) is 2. The quantitative estimate of drug-likeness (QED) is 0.573. The van der Waals surface area contributed by atoms with Gasteiger partial charge in [0.2, 0.25) is 0 Å². The standard InChI is InChI=1S/C24H24N2/c1-15-20-13-14-21(24(20,3)4)16(2)26-22-12-8-7-10-18(22)17-9-5-6-11-19(17)23(26)25-15/h5-12,20-21H,1-2,13-14H2,3-4H3. The number of benzene rings is 2. The van der Waals surface area contributed by atoms with Crippen LogP contribution in [0.4, 0.5) is 5.69 Å². The van der Waals surface area contributed by atoms with Gasteiger partial charge in [-0.2, -0.15) is 0 Å². The molecule has 2 atom stereocenters. The number of rotatable bonds is 0. The minimum Gasteiger partial charge on any atom is -0.298 e. The lowest BCUT2D eigenvalue weighted by molar-refractivity contribution is 0.232. The average molecular weight is 340 g/mol. The number of allylic oxidation sites excluding steroid dienone is 2. The minimum absolute atomic E-state index is 0.134. The van der Waals surface area contributed by atoms with Gasteiger partial charge >= 0.3 is 0 Å². The van der Waals surface area contributed by atoms with Crippen LogP contribution in [0.2, 0.25) is 0 Å². The van der Waals surface area contributed by atoms with Gasteiger partial charge in [-0.3, -0.25) is 4.90 Å². The second-order valence-corrected chi connectivity index (χ2v) is 8.32. The van der Waals surface area contributed by atoms with Gasteiger partial charge in [-0.05, 0) is 29.9 Å². The summed E-state index contributed by atoms with van der Waals surface area (Å²) in [7, 11) is 0. The Morgan fingerprint density at radius 2 is 1.50 bits per heavy atom. The summed E-state index contributed by atoms with van der Waals surface area (Å²) in [5, 5.41) is 0. The molecule has 0 spiro atoms. The SMILES string of the molecule is C=C1N=C2c3ccccc3-c3ccccc3N2C(=C)C2CCC1C2(C)C. The minimum atomic E-state index is 0.134. The molecule has 2 nitrogen and oxygen atoms in total. The number of anilines is 1. The summed E-state index contributed by atoms with van der Waals surface area (Å²) < 4.78 is 0. The van der Waals surface area contributed by atoms with Crippen LogP contribution in [0.15, 0.2) is 78.1 Å². The van der Waals surface area contributed by atoms with Crippen molar-refractivity contribution < 1.29 is 0 Å². The van der Waals surface area contributed by atoms with Gasteiger partial charge < -0.3 is 0 Å². The van der Waals surface area contributed by atoms with Crippen LogP contribution < -0.4 is 4.90 Å². The molecule has 0 aromatic heterocycles. The first-order valence-electron chi connectivity index (χ1n) is 9.45. The van der Waals surface area contributed by atoms with Gasteiger partial charge in [-0.25, -0.2) is 4.99 Å². The van der Waals surface area contributed by atoms with Crippen molar-refractivity contribution in [1.29, 1.82) is 0 Å². The first-order chi connectivity index (χ1) is 12.5. The lowest BCUT2D eigenvalue weighted by Gasteiger charge is -2.43. The van der Waals surface area contributed by atoms with E-state index in [9.17, 15) is 0 Å². The molecule has 0 N–H and O–H groups in total. The van der Waals surface area contributed by atoms with E-state index >= 15 is 0 Å². The topological polar surface area (TPSA) is 15.6 Å². The highest BCUT2D eigenvalue weighted by Gasteiger charge is 2.49. The van der Waals surface area contributed by atoms with E-state index in [0.29, 0.717) is 11.8 Å². The Labute approximate surface area is 155 Å². The molecular formula is C24H24N2. The molecule has 0 amide bonds. The fraction of sp³-hybridized carbons (Fsp3) is 0.292. The van der Waals surface area contributed by atoms with E-state index in [-0.39, 0.29) is 5.41 Å². The fourth-order valence-electron chi connectivity index (χ4n) is 5.33. The Morgan fingerprint density at radius 1 is 0.885 bits per heavy atom. The van der Waals surface area contributed by atoms with Crippen LogP contribution in [0.5, 0.6) is 0 Å². The third-order valence-corrected chi connectivity index (χ3v) is 6.70. The highest BCUT2D eigenvalue weighted by Crippen LogP contribution is 2.56. The Kier molecular flexibility index (Phi) is 3.13.